The molecule has 226 valence electrons. The minimum absolute atomic E-state index is 0.0114. The smallest absolute Gasteiger partial charge is 0.354 e. The highest BCUT2D eigenvalue weighted by molar-refractivity contribution is 7.92. The van der Waals surface area contributed by atoms with Gasteiger partial charge >= 0.3 is 6.18 Å². The molecule has 3 aromatic carbocycles. The summed E-state index contributed by atoms with van der Waals surface area (Å²) >= 11 is 0. The second-order valence-electron chi connectivity index (χ2n) is 10.2. The lowest BCUT2D eigenvalue weighted by atomic mass is 10.1. The van der Waals surface area contributed by atoms with E-state index in [2.05, 4.69) is 5.32 Å². The predicted octanol–water partition coefficient (Wildman–Crippen LogP) is 5.85. The van der Waals surface area contributed by atoms with Crippen LogP contribution in [0.3, 0.4) is 0 Å². The number of carbonyl (C=O) groups excluding carboxylic acids is 2. The van der Waals surface area contributed by atoms with Crippen LogP contribution in [-0.4, -0.2) is 44.3 Å². The number of aryl methyl sites for hydroxylation is 2. The van der Waals surface area contributed by atoms with Crippen molar-refractivity contribution in [3.05, 3.63) is 95.1 Å². The van der Waals surface area contributed by atoms with Gasteiger partial charge in [-0.2, -0.15) is 13.2 Å². The number of sulfonamides is 1. The molecule has 42 heavy (non-hydrogen) atoms. The molecule has 2 amide bonds. The molecule has 0 saturated carbocycles. The van der Waals surface area contributed by atoms with Gasteiger partial charge in [-0.25, -0.2) is 8.42 Å². The number of carbonyl (C=O) groups is 2. The Balaban J connectivity index is 2.06. The number of nitrogens with zero attached hydrogens (tertiary/aromatic N) is 2. The molecule has 7 nitrogen and oxygen atoms in total. The average molecular weight is 604 g/mol. The molecule has 0 heterocycles. The first kappa shape index (κ1) is 32.7. The first-order chi connectivity index (χ1) is 19.7. The van der Waals surface area contributed by atoms with Gasteiger partial charge in [0.05, 0.1) is 16.1 Å². The Morgan fingerprint density at radius 3 is 2.10 bits per heavy atom. The Morgan fingerprint density at radius 2 is 1.52 bits per heavy atom. The van der Waals surface area contributed by atoms with Crippen molar-refractivity contribution < 1.29 is 31.2 Å². The Labute approximate surface area is 245 Å². The van der Waals surface area contributed by atoms with E-state index in [4.69, 9.17) is 0 Å². The van der Waals surface area contributed by atoms with Crippen LogP contribution in [0.2, 0.25) is 0 Å². The van der Waals surface area contributed by atoms with E-state index in [1.165, 1.54) is 30.0 Å². The van der Waals surface area contributed by atoms with Crippen molar-refractivity contribution in [1.29, 1.82) is 0 Å². The van der Waals surface area contributed by atoms with E-state index >= 15 is 0 Å². The zero-order chi connectivity index (χ0) is 31.1. The number of alkyl halides is 3. The quantitative estimate of drug-likeness (QED) is 0.263. The Bertz CT molecular complexity index is 1470. The number of halogens is 3. The number of unbranched alkanes of at least 4 members (excludes halogenated alkanes) is 1. The van der Waals surface area contributed by atoms with Gasteiger partial charge in [-0.05, 0) is 63.1 Å². The molecule has 1 atom stereocenters. The van der Waals surface area contributed by atoms with Gasteiger partial charge in [-0.3, -0.25) is 13.9 Å². The van der Waals surface area contributed by atoms with Crippen LogP contribution in [-0.2, 0) is 32.3 Å². The van der Waals surface area contributed by atoms with Crippen LogP contribution in [0.1, 0.15) is 48.9 Å². The molecule has 0 radical (unpaired) electrons. The van der Waals surface area contributed by atoms with Crippen molar-refractivity contribution in [2.75, 3.05) is 17.4 Å². The number of anilines is 1. The number of benzene rings is 3. The van der Waals surface area contributed by atoms with Gasteiger partial charge in [-0.15, -0.1) is 0 Å². The standard InChI is InChI=1S/C31H36F3N3O4S/c1-5-6-18-35-30(39)24(4)36(20-25-14-10-22(2)11-15-25)29(38)21-37(27-9-7-8-26(19-27)31(32,33)34)42(40,41)28-16-12-23(3)13-17-28/h7-17,19,24H,5-6,18,20-21H2,1-4H3,(H,35,39)/t24-/m0/s1. The Morgan fingerprint density at radius 1 is 0.929 bits per heavy atom. The zero-order valence-corrected chi connectivity index (χ0v) is 24.9. The predicted molar refractivity (Wildman–Crippen MR) is 156 cm³/mol. The maximum absolute atomic E-state index is 13.9. The van der Waals surface area contributed by atoms with Crippen LogP contribution < -0.4 is 9.62 Å². The van der Waals surface area contributed by atoms with Crippen molar-refractivity contribution in [2.24, 2.45) is 0 Å². The maximum Gasteiger partial charge on any atom is 0.416 e. The van der Waals surface area contributed by atoms with Gasteiger partial charge in [0.2, 0.25) is 11.8 Å². The third-order valence-electron chi connectivity index (χ3n) is 6.82. The van der Waals surface area contributed by atoms with E-state index in [-0.39, 0.29) is 17.1 Å². The first-order valence-electron chi connectivity index (χ1n) is 13.6. The van der Waals surface area contributed by atoms with E-state index in [1.54, 1.807) is 31.2 Å². The third-order valence-corrected chi connectivity index (χ3v) is 8.61. The molecule has 0 saturated heterocycles. The topological polar surface area (TPSA) is 86.8 Å². The van der Waals surface area contributed by atoms with E-state index in [0.29, 0.717) is 22.5 Å². The van der Waals surface area contributed by atoms with Crippen molar-refractivity contribution >= 4 is 27.5 Å². The lowest BCUT2D eigenvalue weighted by Crippen LogP contribution is -2.51. The summed E-state index contributed by atoms with van der Waals surface area (Å²) in [5.41, 5.74) is 1.09. The second-order valence-corrected chi connectivity index (χ2v) is 12.1. The summed E-state index contributed by atoms with van der Waals surface area (Å²) in [4.78, 5) is 28.0. The van der Waals surface area contributed by atoms with E-state index in [1.807, 2.05) is 26.0 Å². The number of nitrogens with one attached hydrogen (secondary N) is 1. The molecule has 1 N–H and O–H groups in total. The zero-order valence-electron chi connectivity index (χ0n) is 24.1. The van der Waals surface area contributed by atoms with E-state index in [9.17, 15) is 31.2 Å². The molecule has 0 spiro atoms. The number of hydrogen-bond acceptors (Lipinski definition) is 4. The molecule has 0 aromatic heterocycles. The van der Waals surface area contributed by atoms with Crippen molar-refractivity contribution in [3.8, 4) is 0 Å². The lowest BCUT2D eigenvalue weighted by molar-refractivity contribution is -0.139. The largest absolute Gasteiger partial charge is 0.416 e. The fourth-order valence-corrected chi connectivity index (χ4v) is 5.62. The number of hydrogen-bond donors (Lipinski definition) is 1. The van der Waals surface area contributed by atoms with Gasteiger partial charge in [0.25, 0.3) is 10.0 Å². The second kappa shape index (κ2) is 13.9. The third kappa shape index (κ3) is 8.34. The van der Waals surface area contributed by atoms with Crippen LogP contribution in [0.25, 0.3) is 0 Å². The first-order valence-corrected chi connectivity index (χ1v) is 15.1. The Hall–Kier alpha value is -3.86. The van der Waals surface area contributed by atoms with E-state index < -0.39 is 46.2 Å². The summed E-state index contributed by atoms with van der Waals surface area (Å²) in [5.74, 6) is -1.17. The number of amides is 2. The van der Waals surface area contributed by atoms with Crippen LogP contribution >= 0.6 is 0 Å². The molecule has 11 heteroatoms. The molecular formula is C31H36F3N3O4S. The molecule has 0 aliphatic heterocycles. The summed E-state index contributed by atoms with van der Waals surface area (Å²) in [6, 6.07) is 15.9. The SMILES string of the molecule is CCCCNC(=O)[C@H](C)N(Cc1ccc(C)cc1)C(=O)CN(c1cccc(C(F)(F)F)c1)S(=O)(=O)c1ccc(C)cc1. The highest BCUT2D eigenvalue weighted by atomic mass is 32.2. The normalized spacial score (nSPS) is 12.5. The molecule has 0 unspecified atom stereocenters. The van der Waals surface area contributed by atoms with Crippen molar-refractivity contribution in [1.82, 2.24) is 10.2 Å². The van der Waals surface area contributed by atoms with Crippen molar-refractivity contribution in [2.45, 2.75) is 64.2 Å². The average Bonchev–Trinajstić information content (AvgIpc) is 2.95. The fraction of sp³-hybridized carbons (Fsp3) is 0.355. The van der Waals surface area contributed by atoms with Crippen molar-refractivity contribution in [3.63, 3.8) is 0 Å². The molecule has 0 fully saturated rings. The minimum atomic E-state index is -4.73. The summed E-state index contributed by atoms with van der Waals surface area (Å²) in [6.45, 7) is 6.75. The van der Waals surface area contributed by atoms with Gasteiger partial charge in [-0.1, -0.05) is 66.9 Å². The van der Waals surface area contributed by atoms with Gasteiger partial charge in [0, 0.05) is 13.1 Å². The van der Waals surface area contributed by atoms with E-state index in [0.717, 1.165) is 36.1 Å². The highest BCUT2D eigenvalue weighted by Gasteiger charge is 2.35. The molecule has 3 aromatic rings. The van der Waals surface area contributed by atoms with Crippen LogP contribution in [0.5, 0.6) is 0 Å². The van der Waals surface area contributed by atoms with Crippen LogP contribution in [0.4, 0.5) is 18.9 Å². The van der Waals surface area contributed by atoms with Gasteiger partial charge in [0.1, 0.15) is 12.6 Å². The maximum atomic E-state index is 13.9. The Kier molecular flexibility index (Phi) is 10.8. The van der Waals surface area contributed by atoms with Gasteiger partial charge < -0.3 is 10.2 Å². The summed E-state index contributed by atoms with van der Waals surface area (Å²) in [6.07, 6.45) is -3.14. The fourth-order valence-electron chi connectivity index (χ4n) is 4.21. The summed E-state index contributed by atoms with van der Waals surface area (Å²) in [5, 5.41) is 2.79. The molecule has 0 aliphatic carbocycles. The highest BCUT2D eigenvalue weighted by Crippen LogP contribution is 2.33. The minimum Gasteiger partial charge on any atom is -0.354 e. The lowest BCUT2D eigenvalue weighted by Gasteiger charge is -2.32. The van der Waals surface area contributed by atoms with Crippen LogP contribution in [0, 0.1) is 13.8 Å². The monoisotopic (exact) mass is 603 g/mol. The number of rotatable bonds is 12. The summed E-state index contributed by atoms with van der Waals surface area (Å²) < 4.78 is 69.1. The van der Waals surface area contributed by atoms with Crippen LogP contribution in [0.15, 0.2) is 77.7 Å². The summed E-state index contributed by atoms with van der Waals surface area (Å²) in [7, 11) is -4.49. The molecule has 0 bridgehead atoms. The molecular weight excluding hydrogens is 567 g/mol. The van der Waals surface area contributed by atoms with Gasteiger partial charge in [0.15, 0.2) is 0 Å². The molecule has 0 aliphatic rings. The molecule has 3 rings (SSSR count).